The summed E-state index contributed by atoms with van der Waals surface area (Å²) in [4.78, 5) is 32.1. The Morgan fingerprint density at radius 1 is 1.20 bits per heavy atom. The first-order chi connectivity index (χ1) is 12.0. The maximum Gasteiger partial charge on any atom is 0.269 e. The first kappa shape index (κ1) is 16.4. The molecule has 3 N–H and O–H groups in total. The van der Waals surface area contributed by atoms with Gasteiger partial charge in [-0.2, -0.15) is 0 Å². The van der Waals surface area contributed by atoms with Crippen molar-refractivity contribution in [1.82, 2.24) is 14.5 Å². The Labute approximate surface area is 144 Å². The summed E-state index contributed by atoms with van der Waals surface area (Å²) in [7, 11) is 0. The van der Waals surface area contributed by atoms with Crippen molar-refractivity contribution in [2.45, 2.75) is 13.5 Å². The van der Waals surface area contributed by atoms with Crippen LogP contribution < -0.4 is 11.1 Å². The van der Waals surface area contributed by atoms with Gasteiger partial charge in [-0.15, -0.1) is 0 Å². The van der Waals surface area contributed by atoms with Crippen molar-refractivity contribution in [3.05, 3.63) is 77.5 Å². The Hall–Kier alpha value is -3.48. The second kappa shape index (κ2) is 6.96. The second-order valence-corrected chi connectivity index (χ2v) is 5.62. The molecule has 0 saturated carbocycles. The number of nitrogens with two attached hydrogens (primary N) is 1. The minimum atomic E-state index is -0.661. The normalized spacial score (nSPS) is 10.4. The first-order valence-electron chi connectivity index (χ1n) is 7.66. The third kappa shape index (κ3) is 3.72. The largest absolute Gasteiger partial charge is 0.364 e. The highest BCUT2D eigenvalue weighted by Crippen LogP contribution is 2.16. The number of aromatic nitrogens is 3. The van der Waals surface area contributed by atoms with Crippen molar-refractivity contribution in [2.75, 3.05) is 5.32 Å². The van der Waals surface area contributed by atoms with Crippen molar-refractivity contribution >= 4 is 17.6 Å². The van der Waals surface area contributed by atoms with Crippen LogP contribution in [0.3, 0.4) is 0 Å². The van der Waals surface area contributed by atoms with E-state index in [2.05, 4.69) is 15.3 Å². The number of nitrogens with one attached hydrogen (secondary N) is 1. The summed E-state index contributed by atoms with van der Waals surface area (Å²) in [6.45, 7) is 2.43. The Kier molecular flexibility index (Phi) is 4.56. The van der Waals surface area contributed by atoms with E-state index in [9.17, 15) is 9.59 Å². The number of anilines is 1. The monoisotopic (exact) mass is 335 g/mol. The zero-order valence-corrected chi connectivity index (χ0v) is 13.6. The van der Waals surface area contributed by atoms with E-state index in [-0.39, 0.29) is 11.5 Å². The number of hydrogen-bond donors (Lipinski definition) is 2. The maximum absolute atomic E-state index is 12.2. The molecule has 2 amide bonds. The summed E-state index contributed by atoms with van der Waals surface area (Å²) in [5.41, 5.74) is 8.15. The van der Waals surface area contributed by atoms with Crippen LogP contribution in [0.15, 0.2) is 55.1 Å². The number of amides is 2. The van der Waals surface area contributed by atoms with E-state index in [1.807, 2.05) is 31.2 Å². The molecule has 2 aromatic heterocycles. The van der Waals surface area contributed by atoms with Crippen LogP contribution in [0.1, 0.15) is 32.0 Å². The molecule has 0 spiro atoms. The number of carbonyl (C=O) groups excluding carboxylic acids is 2. The van der Waals surface area contributed by atoms with Crippen molar-refractivity contribution in [2.24, 2.45) is 5.73 Å². The molecule has 0 atom stereocenters. The maximum atomic E-state index is 12.2. The van der Waals surface area contributed by atoms with Gasteiger partial charge in [0.1, 0.15) is 0 Å². The molecule has 0 radical (unpaired) electrons. The lowest BCUT2D eigenvalue weighted by atomic mass is 10.1. The average molecular weight is 335 g/mol. The smallest absolute Gasteiger partial charge is 0.269 e. The quantitative estimate of drug-likeness (QED) is 0.744. The summed E-state index contributed by atoms with van der Waals surface area (Å²) in [5.74, 6) is -0.934. The van der Waals surface area contributed by atoms with Gasteiger partial charge >= 0.3 is 0 Å². The standard InChI is InChI=1S/C18H17N5O2/c1-12-4-6-13(7-5-12)10-23-11-21-17(15(23)16(19)24)22-18(25)14-3-2-8-20-9-14/h2-9,11H,10H2,1H3,(H2,19,24)(H,22,25). The molecule has 0 aliphatic carbocycles. The minimum absolute atomic E-state index is 0.133. The molecule has 0 aliphatic heterocycles. The molecular weight excluding hydrogens is 318 g/mol. The van der Waals surface area contributed by atoms with Crippen molar-refractivity contribution in [1.29, 1.82) is 0 Å². The van der Waals surface area contributed by atoms with Crippen LogP contribution in [-0.2, 0) is 6.54 Å². The fourth-order valence-electron chi connectivity index (χ4n) is 2.42. The molecule has 0 fully saturated rings. The molecule has 0 aliphatic rings. The van der Waals surface area contributed by atoms with E-state index < -0.39 is 11.8 Å². The molecule has 0 unspecified atom stereocenters. The molecule has 0 bridgehead atoms. The lowest BCUT2D eigenvalue weighted by molar-refractivity contribution is 0.0993. The highest BCUT2D eigenvalue weighted by Gasteiger charge is 2.19. The van der Waals surface area contributed by atoms with Crippen molar-refractivity contribution in [3.63, 3.8) is 0 Å². The topological polar surface area (TPSA) is 103 Å². The second-order valence-electron chi connectivity index (χ2n) is 5.62. The van der Waals surface area contributed by atoms with Gasteiger partial charge in [0.05, 0.1) is 11.9 Å². The summed E-state index contributed by atoms with van der Waals surface area (Å²) in [5, 5.41) is 2.61. The van der Waals surface area contributed by atoms with Crippen LogP contribution in [0.25, 0.3) is 0 Å². The van der Waals surface area contributed by atoms with E-state index >= 15 is 0 Å². The third-order valence-electron chi connectivity index (χ3n) is 3.70. The van der Waals surface area contributed by atoms with Gasteiger partial charge < -0.3 is 15.6 Å². The Morgan fingerprint density at radius 2 is 1.96 bits per heavy atom. The number of primary amides is 1. The van der Waals surface area contributed by atoms with E-state index in [4.69, 9.17) is 5.73 Å². The van der Waals surface area contributed by atoms with Gasteiger partial charge in [-0.1, -0.05) is 29.8 Å². The van der Waals surface area contributed by atoms with Gasteiger partial charge in [0, 0.05) is 18.9 Å². The van der Waals surface area contributed by atoms with Gasteiger partial charge in [-0.05, 0) is 24.6 Å². The van der Waals surface area contributed by atoms with Crippen LogP contribution in [0.4, 0.5) is 5.82 Å². The number of rotatable bonds is 5. The van der Waals surface area contributed by atoms with Gasteiger partial charge in [0.2, 0.25) is 0 Å². The van der Waals surface area contributed by atoms with E-state index in [0.717, 1.165) is 11.1 Å². The number of nitrogens with zero attached hydrogens (tertiary/aromatic N) is 3. The van der Waals surface area contributed by atoms with Crippen molar-refractivity contribution in [3.8, 4) is 0 Å². The minimum Gasteiger partial charge on any atom is -0.364 e. The van der Waals surface area contributed by atoms with Gasteiger partial charge in [0.25, 0.3) is 11.8 Å². The SMILES string of the molecule is Cc1ccc(Cn2cnc(NC(=O)c3cccnc3)c2C(N)=O)cc1. The molecular formula is C18H17N5O2. The molecule has 7 heteroatoms. The van der Waals surface area contributed by atoms with Crippen LogP contribution in [0, 0.1) is 6.92 Å². The van der Waals surface area contributed by atoms with E-state index in [0.29, 0.717) is 12.1 Å². The lowest BCUT2D eigenvalue weighted by Gasteiger charge is -2.08. The zero-order chi connectivity index (χ0) is 17.8. The molecule has 2 heterocycles. The van der Waals surface area contributed by atoms with Gasteiger partial charge in [-0.25, -0.2) is 4.98 Å². The summed E-state index contributed by atoms with van der Waals surface area (Å²) in [6.07, 6.45) is 4.49. The molecule has 3 aromatic rings. The highest BCUT2D eigenvalue weighted by atomic mass is 16.2. The average Bonchev–Trinajstić information content (AvgIpc) is 3.00. The Balaban J connectivity index is 1.86. The lowest BCUT2D eigenvalue weighted by Crippen LogP contribution is -2.21. The zero-order valence-electron chi connectivity index (χ0n) is 13.6. The predicted molar refractivity (Wildman–Crippen MR) is 93.2 cm³/mol. The highest BCUT2D eigenvalue weighted by molar-refractivity contribution is 6.07. The number of aryl methyl sites for hydroxylation is 1. The summed E-state index contributed by atoms with van der Waals surface area (Å²) >= 11 is 0. The fraction of sp³-hybridized carbons (Fsp3) is 0.111. The van der Waals surface area contributed by atoms with Gasteiger partial charge in [-0.3, -0.25) is 14.6 Å². The number of benzene rings is 1. The Bertz CT molecular complexity index is 901. The van der Waals surface area contributed by atoms with Gasteiger partial charge in [0.15, 0.2) is 11.5 Å². The molecule has 7 nitrogen and oxygen atoms in total. The number of imidazole rings is 1. The van der Waals surface area contributed by atoms with Crippen LogP contribution in [0.5, 0.6) is 0 Å². The Morgan fingerprint density at radius 3 is 2.60 bits per heavy atom. The number of pyridine rings is 1. The van der Waals surface area contributed by atoms with E-state index in [1.165, 1.54) is 12.5 Å². The first-order valence-corrected chi connectivity index (χ1v) is 7.66. The number of carbonyl (C=O) groups is 2. The van der Waals surface area contributed by atoms with Crippen LogP contribution in [-0.4, -0.2) is 26.3 Å². The van der Waals surface area contributed by atoms with Crippen LogP contribution >= 0.6 is 0 Å². The summed E-state index contributed by atoms with van der Waals surface area (Å²) in [6, 6.07) is 11.2. The fourth-order valence-corrected chi connectivity index (χ4v) is 2.42. The predicted octanol–water partition coefficient (Wildman–Crippen LogP) is 1.99. The molecule has 25 heavy (non-hydrogen) atoms. The van der Waals surface area contributed by atoms with Crippen LogP contribution in [0.2, 0.25) is 0 Å². The number of hydrogen-bond acceptors (Lipinski definition) is 4. The van der Waals surface area contributed by atoms with E-state index in [1.54, 1.807) is 22.9 Å². The van der Waals surface area contributed by atoms with Crippen molar-refractivity contribution < 1.29 is 9.59 Å². The molecule has 3 rings (SSSR count). The third-order valence-corrected chi connectivity index (χ3v) is 3.70. The molecule has 126 valence electrons. The molecule has 1 aromatic carbocycles. The molecule has 0 saturated heterocycles. The summed E-state index contributed by atoms with van der Waals surface area (Å²) < 4.78 is 1.62.